The van der Waals surface area contributed by atoms with Crippen LogP contribution in [0, 0.1) is 13.8 Å². The number of amides is 1. The average molecular weight is 380 g/mol. The second kappa shape index (κ2) is 9.17. The second-order valence-electron chi connectivity index (χ2n) is 6.71. The van der Waals surface area contributed by atoms with Crippen LogP contribution < -0.4 is 4.74 Å². The van der Waals surface area contributed by atoms with E-state index in [1.165, 1.54) is 5.01 Å². The number of hydrazone groups is 1. The van der Waals surface area contributed by atoms with Crippen molar-refractivity contribution in [1.82, 2.24) is 5.01 Å². The fraction of sp³-hybridized carbons (Fsp3) is 0.318. The summed E-state index contributed by atoms with van der Waals surface area (Å²) in [6, 6.07) is 15.6. The third-order valence-corrected chi connectivity index (χ3v) is 4.46. The fourth-order valence-corrected chi connectivity index (χ4v) is 2.87. The summed E-state index contributed by atoms with van der Waals surface area (Å²) in [5.41, 5.74) is 3.96. The normalized spacial score (nSPS) is 13.2. The van der Waals surface area contributed by atoms with Crippen LogP contribution >= 0.6 is 0 Å². The van der Waals surface area contributed by atoms with Gasteiger partial charge in [-0.15, -0.1) is 0 Å². The molecule has 3 rings (SSSR count). The SMILES string of the molecule is Cc1ccc(C)c(OCCC(=O)OCC(=O)N2CCC(c3ccccc3)=N2)c1. The number of esters is 1. The maximum Gasteiger partial charge on any atom is 0.309 e. The molecule has 28 heavy (non-hydrogen) atoms. The van der Waals surface area contributed by atoms with Gasteiger partial charge in [0.15, 0.2) is 6.61 Å². The Kier molecular flexibility index (Phi) is 6.42. The summed E-state index contributed by atoms with van der Waals surface area (Å²) in [4.78, 5) is 24.1. The molecule has 1 heterocycles. The average Bonchev–Trinajstić information content (AvgIpc) is 3.20. The van der Waals surface area contributed by atoms with Gasteiger partial charge < -0.3 is 9.47 Å². The highest BCUT2D eigenvalue weighted by Gasteiger charge is 2.22. The first-order valence-electron chi connectivity index (χ1n) is 9.32. The van der Waals surface area contributed by atoms with Gasteiger partial charge in [-0.3, -0.25) is 9.59 Å². The molecule has 0 aromatic heterocycles. The Bertz CT molecular complexity index is 877. The molecule has 0 saturated heterocycles. The zero-order valence-corrected chi connectivity index (χ0v) is 16.2. The lowest BCUT2D eigenvalue weighted by Gasteiger charge is -2.12. The molecule has 1 aliphatic rings. The third-order valence-electron chi connectivity index (χ3n) is 4.46. The van der Waals surface area contributed by atoms with E-state index in [0.29, 0.717) is 13.0 Å². The highest BCUT2D eigenvalue weighted by Crippen LogP contribution is 2.19. The first-order valence-corrected chi connectivity index (χ1v) is 9.32. The van der Waals surface area contributed by atoms with Crippen molar-refractivity contribution >= 4 is 17.6 Å². The van der Waals surface area contributed by atoms with Crippen molar-refractivity contribution in [2.45, 2.75) is 26.7 Å². The Hall–Kier alpha value is -3.15. The fourth-order valence-electron chi connectivity index (χ4n) is 2.87. The summed E-state index contributed by atoms with van der Waals surface area (Å²) in [6.45, 7) is 4.32. The molecular formula is C22H24N2O4. The molecule has 2 aromatic carbocycles. The van der Waals surface area contributed by atoms with E-state index >= 15 is 0 Å². The number of aryl methyl sites for hydroxylation is 2. The highest BCUT2D eigenvalue weighted by atomic mass is 16.5. The second-order valence-corrected chi connectivity index (χ2v) is 6.71. The van der Waals surface area contributed by atoms with Crippen LogP contribution in [0.5, 0.6) is 5.75 Å². The number of benzene rings is 2. The van der Waals surface area contributed by atoms with Crippen LogP contribution in [-0.4, -0.2) is 42.4 Å². The maximum absolute atomic E-state index is 12.2. The van der Waals surface area contributed by atoms with Crippen molar-refractivity contribution in [3.05, 3.63) is 65.2 Å². The lowest BCUT2D eigenvalue weighted by Crippen LogP contribution is -2.29. The van der Waals surface area contributed by atoms with Crippen LogP contribution in [0.1, 0.15) is 29.5 Å². The zero-order chi connectivity index (χ0) is 19.9. The Labute approximate surface area is 164 Å². The first kappa shape index (κ1) is 19.6. The zero-order valence-electron chi connectivity index (χ0n) is 16.2. The van der Waals surface area contributed by atoms with Gasteiger partial charge in [-0.25, -0.2) is 5.01 Å². The molecule has 6 nitrogen and oxygen atoms in total. The molecule has 146 valence electrons. The van der Waals surface area contributed by atoms with Crippen molar-refractivity contribution in [2.24, 2.45) is 5.10 Å². The van der Waals surface area contributed by atoms with Gasteiger partial charge >= 0.3 is 5.97 Å². The van der Waals surface area contributed by atoms with E-state index in [4.69, 9.17) is 9.47 Å². The minimum absolute atomic E-state index is 0.0825. The molecular weight excluding hydrogens is 356 g/mol. The Morgan fingerprint density at radius 2 is 1.89 bits per heavy atom. The number of carbonyl (C=O) groups is 2. The summed E-state index contributed by atoms with van der Waals surface area (Å²) in [5, 5.41) is 5.70. The minimum Gasteiger partial charge on any atom is -0.493 e. The summed E-state index contributed by atoms with van der Waals surface area (Å²) in [6.07, 6.45) is 0.770. The molecule has 1 aliphatic heterocycles. The van der Waals surface area contributed by atoms with Gasteiger partial charge in [-0.1, -0.05) is 42.5 Å². The van der Waals surface area contributed by atoms with E-state index in [9.17, 15) is 9.59 Å². The Morgan fingerprint density at radius 1 is 1.11 bits per heavy atom. The standard InChI is InChI=1S/C22H24N2O4/c1-16-8-9-17(2)20(14-16)27-13-11-22(26)28-15-21(25)24-12-10-19(23-24)18-6-4-3-5-7-18/h3-9,14H,10-13,15H2,1-2H3. The van der Waals surface area contributed by atoms with Crippen LogP contribution in [0.2, 0.25) is 0 Å². The van der Waals surface area contributed by atoms with E-state index in [0.717, 1.165) is 28.2 Å². The highest BCUT2D eigenvalue weighted by molar-refractivity contribution is 6.02. The summed E-state index contributed by atoms with van der Waals surface area (Å²) in [5.74, 6) is -0.0384. The Balaban J connectivity index is 1.41. The number of hydrogen-bond donors (Lipinski definition) is 0. The van der Waals surface area contributed by atoms with Gasteiger partial charge in [0, 0.05) is 6.42 Å². The van der Waals surface area contributed by atoms with Crippen molar-refractivity contribution in [3.63, 3.8) is 0 Å². The number of ether oxygens (including phenoxy) is 2. The molecule has 0 fully saturated rings. The van der Waals surface area contributed by atoms with Gasteiger partial charge in [0.1, 0.15) is 5.75 Å². The predicted octanol–water partition coefficient (Wildman–Crippen LogP) is 3.25. The van der Waals surface area contributed by atoms with Gasteiger partial charge in [0.05, 0.1) is 25.3 Å². The lowest BCUT2D eigenvalue weighted by molar-refractivity contribution is -0.152. The van der Waals surface area contributed by atoms with Crippen LogP contribution in [-0.2, 0) is 14.3 Å². The molecule has 1 amide bonds. The molecule has 0 atom stereocenters. The van der Waals surface area contributed by atoms with Crippen molar-refractivity contribution in [2.75, 3.05) is 19.8 Å². The van der Waals surface area contributed by atoms with Crippen LogP contribution in [0.4, 0.5) is 0 Å². The molecule has 0 unspecified atom stereocenters. The van der Waals surface area contributed by atoms with Gasteiger partial charge in [0.2, 0.25) is 0 Å². The quantitative estimate of drug-likeness (QED) is 0.692. The summed E-state index contributed by atoms with van der Waals surface area (Å²) < 4.78 is 10.7. The van der Waals surface area contributed by atoms with Crippen LogP contribution in [0.3, 0.4) is 0 Å². The van der Waals surface area contributed by atoms with Crippen LogP contribution in [0.25, 0.3) is 0 Å². The summed E-state index contributed by atoms with van der Waals surface area (Å²) in [7, 11) is 0. The smallest absolute Gasteiger partial charge is 0.309 e. The number of rotatable bonds is 7. The van der Waals surface area contributed by atoms with Gasteiger partial charge in [-0.05, 0) is 36.6 Å². The van der Waals surface area contributed by atoms with Crippen molar-refractivity contribution in [1.29, 1.82) is 0 Å². The summed E-state index contributed by atoms with van der Waals surface area (Å²) >= 11 is 0. The van der Waals surface area contributed by atoms with E-state index in [-0.39, 0.29) is 25.5 Å². The molecule has 6 heteroatoms. The number of nitrogens with zero attached hydrogens (tertiary/aromatic N) is 2. The molecule has 0 saturated carbocycles. The molecule has 0 aliphatic carbocycles. The third kappa shape index (κ3) is 5.19. The van der Waals surface area contributed by atoms with Crippen molar-refractivity contribution in [3.8, 4) is 5.75 Å². The largest absolute Gasteiger partial charge is 0.493 e. The Morgan fingerprint density at radius 3 is 2.68 bits per heavy atom. The molecule has 0 N–H and O–H groups in total. The first-order chi connectivity index (χ1) is 13.5. The maximum atomic E-state index is 12.2. The molecule has 2 aromatic rings. The van der Waals surface area contributed by atoms with E-state index in [1.54, 1.807) is 0 Å². The molecule has 0 radical (unpaired) electrons. The van der Waals surface area contributed by atoms with Gasteiger partial charge in [-0.2, -0.15) is 5.10 Å². The monoisotopic (exact) mass is 380 g/mol. The van der Waals surface area contributed by atoms with Gasteiger partial charge in [0.25, 0.3) is 5.91 Å². The lowest BCUT2D eigenvalue weighted by atomic mass is 10.1. The predicted molar refractivity (Wildman–Crippen MR) is 106 cm³/mol. The topological polar surface area (TPSA) is 68.2 Å². The number of carbonyl (C=O) groups excluding carboxylic acids is 2. The molecule has 0 spiro atoms. The minimum atomic E-state index is -0.467. The molecule has 0 bridgehead atoms. The number of hydrogen-bond acceptors (Lipinski definition) is 5. The van der Waals surface area contributed by atoms with E-state index in [2.05, 4.69) is 5.10 Å². The van der Waals surface area contributed by atoms with E-state index in [1.807, 2.05) is 62.4 Å². The van der Waals surface area contributed by atoms with E-state index < -0.39 is 5.97 Å². The van der Waals surface area contributed by atoms with Crippen LogP contribution in [0.15, 0.2) is 53.6 Å². The van der Waals surface area contributed by atoms with Crippen molar-refractivity contribution < 1.29 is 19.1 Å².